The van der Waals surface area contributed by atoms with Gasteiger partial charge >= 0.3 is 0 Å². The normalized spacial score (nSPS) is 26.6. The van der Waals surface area contributed by atoms with Gasteiger partial charge in [-0.2, -0.15) is 0 Å². The molecule has 2 aliphatic heterocycles. The molecule has 0 spiro atoms. The first-order chi connectivity index (χ1) is 12.6. The summed E-state index contributed by atoms with van der Waals surface area (Å²) in [6, 6.07) is 0. The van der Waals surface area contributed by atoms with Gasteiger partial charge in [-0.25, -0.2) is 0 Å². The topological polar surface area (TPSA) is 24.9 Å². The molecular formula is C23H46N2O2. The molecule has 0 aromatic carbocycles. The Morgan fingerprint density at radius 2 is 1.59 bits per heavy atom. The maximum absolute atomic E-state index is 6.50. The van der Waals surface area contributed by atoms with Crippen LogP contribution in [0, 0.1) is 5.92 Å². The number of likely N-dealkylation sites (tertiary alicyclic amines) is 2. The molecule has 0 bridgehead atoms. The predicted octanol–water partition coefficient (Wildman–Crippen LogP) is 4.57. The summed E-state index contributed by atoms with van der Waals surface area (Å²) in [6.45, 7) is 20.7. The molecule has 1 unspecified atom stereocenters. The van der Waals surface area contributed by atoms with Crippen molar-refractivity contribution < 1.29 is 9.47 Å². The first-order valence-corrected chi connectivity index (χ1v) is 11.2. The molecule has 4 nitrogen and oxygen atoms in total. The van der Waals surface area contributed by atoms with E-state index in [0.29, 0.717) is 11.5 Å². The van der Waals surface area contributed by atoms with Gasteiger partial charge in [0.15, 0.2) is 0 Å². The van der Waals surface area contributed by atoms with Crippen LogP contribution in [0.4, 0.5) is 0 Å². The van der Waals surface area contributed by atoms with E-state index < -0.39 is 0 Å². The standard InChI is InChI=1S/C23H46N2O2/c1-21(2)13-8-9-14-24(21)15-11-19-27-23(5,6)20-12-17-25(22(20,3)4)16-10-18-26-7/h20H,8-19H2,1-7H3. The minimum atomic E-state index is -0.0725. The summed E-state index contributed by atoms with van der Waals surface area (Å²) in [5.74, 6) is 0.568. The summed E-state index contributed by atoms with van der Waals surface area (Å²) in [5.41, 5.74) is 0.479. The zero-order chi connectivity index (χ0) is 20.1. The fourth-order valence-electron chi connectivity index (χ4n) is 5.57. The summed E-state index contributed by atoms with van der Waals surface area (Å²) < 4.78 is 11.7. The van der Waals surface area contributed by atoms with E-state index in [1.54, 1.807) is 7.11 Å². The molecule has 0 radical (unpaired) electrons. The zero-order valence-corrected chi connectivity index (χ0v) is 19.3. The second kappa shape index (κ2) is 9.56. The number of nitrogens with zero attached hydrogens (tertiary/aromatic N) is 2. The number of piperidine rings is 1. The number of ether oxygens (including phenoxy) is 2. The van der Waals surface area contributed by atoms with E-state index in [0.717, 1.165) is 32.6 Å². The minimum absolute atomic E-state index is 0.0725. The zero-order valence-electron chi connectivity index (χ0n) is 19.3. The first kappa shape index (κ1) is 23.1. The van der Waals surface area contributed by atoms with Gasteiger partial charge in [-0.1, -0.05) is 6.42 Å². The molecule has 2 heterocycles. The van der Waals surface area contributed by atoms with Crippen molar-refractivity contribution in [3.63, 3.8) is 0 Å². The van der Waals surface area contributed by atoms with E-state index in [-0.39, 0.29) is 11.1 Å². The smallest absolute Gasteiger partial charge is 0.0672 e. The molecular weight excluding hydrogens is 336 g/mol. The van der Waals surface area contributed by atoms with Crippen molar-refractivity contribution in [2.45, 2.75) is 96.7 Å². The number of hydrogen-bond donors (Lipinski definition) is 0. The van der Waals surface area contributed by atoms with E-state index in [2.05, 4.69) is 51.3 Å². The van der Waals surface area contributed by atoms with Gasteiger partial charge in [0.2, 0.25) is 0 Å². The Morgan fingerprint density at radius 3 is 2.26 bits per heavy atom. The van der Waals surface area contributed by atoms with Gasteiger partial charge in [-0.05, 0) is 86.7 Å². The van der Waals surface area contributed by atoms with Crippen LogP contribution >= 0.6 is 0 Å². The Morgan fingerprint density at radius 1 is 0.926 bits per heavy atom. The molecule has 0 amide bonds. The van der Waals surface area contributed by atoms with Crippen LogP contribution < -0.4 is 0 Å². The second-order valence-corrected chi connectivity index (χ2v) is 10.4. The lowest BCUT2D eigenvalue weighted by atomic mass is 9.77. The summed E-state index contributed by atoms with van der Waals surface area (Å²) in [6.07, 6.45) is 7.54. The van der Waals surface area contributed by atoms with Gasteiger partial charge < -0.3 is 9.47 Å². The molecule has 2 fully saturated rings. The van der Waals surface area contributed by atoms with Gasteiger partial charge in [-0.15, -0.1) is 0 Å². The average Bonchev–Trinajstić information content (AvgIpc) is 2.88. The van der Waals surface area contributed by atoms with Crippen molar-refractivity contribution in [1.29, 1.82) is 0 Å². The highest BCUT2D eigenvalue weighted by Gasteiger charge is 2.48. The van der Waals surface area contributed by atoms with E-state index in [1.807, 2.05) is 0 Å². The highest BCUT2D eigenvalue weighted by atomic mass is 16.5. The molecule has 27 heavy (non-hydrogen) atoms. The first-order valence-electron chi connectivity index (χ1n) is 11.2. The molecule has 1 atom stereocenters. The lowest BCUT2D eigenvalue weighted by molar-refractivity contribution is -0.0881. The minimum Gasteiger partial charge on any atom is -0.385 e. The van der Waals surface area contributed by atoms with Crippen molar-refractivity contribution in [2.24, 2.45) is 5.92 Å². The molecule has 0 aliphatic carbocycles. The van der Waals surface area contributed by atoms with Crippen LogP contribution in [0.25, 0.3) is 0 Å². The van der Waals surface area contributed by atoms with Crippen molar-refractivity contribution >= 4 is 0 Å². The lowest BCUT2D eigenvalue weighted by Crippen LogP contribution is -2.51. The van der Waals surface area contributed by atoms with Crippen molar-refractivity contribution in [2.75, 3.05) is 46.5 Å². The SMILES string of the molecule is COCCCN1CCC(C(C)(C)OCCCN2CCCCC2(C)C)C1(C)C. The third kappa shape index (κ3) is 5.91. The molecule has 4 heteroatoms. The fourth-order valence-corrected chi connectivity index (χ4v) is 5.57. The van der Waals surface area contributed by atoms with Crippen LogP contribution in [0.1, 0.15) is 80.1 Å². The highest BCUT2D eigenvalue weighted by molar-refractivity contribution is 5.02. The predicted molar refractivity (Wildman–Crippen MR) is 114 cm³/mol. The van der Waals surface area contributed by atoms with Gasteiger partial charge in [0.05, 0.1) is 5.60 Å². The molecule has 0 aromatic rings. The number of methoxy groups -OCH3 is 1. The highest BCUT2D eigenvalue weighted by Crippen LogP contribution is 2.42. The van der Waals surface area contributed by atoms with Crippen LogP contribution in [0.2, 0.25) is 0 Å². The summed E-state index contributed by atoms with van der Waals surface area (Å²) in [5, 5.41) is 0. The quantitative estimate of drug-likeness (QED) is 0.517. The summed E-state index contributed by atoms with van der Waals surface area (Å²) in [4.78, 5) is 5.31. The van der Waals surface area contributed by atoms with E-state index in [9.17, 15) is 0 Å². The van der Waals surface area contributed by atoms with Gasteiger partial charge in [0, 0.05) is 50.4 Å². The van der Waals surface area contributed by atoms with Crippen molar-refractivity contribution in [3.8, 4) is 0 Å². The van der Waals surface area contributed by atoms with Crippen LogP contribution in [0.15, 0.2) is 0 Å². The Labute approximate surface area is 169 Å². The van der Waals surface area contributed by atoms with Crippen LogP contribution in [0.3, 0.4) is 0 Å². The molecule has 2 aliphatic rings. The van der Waals surface area contributed by atoms with E-state index in [4.69, 9.17) is 9.47 Å². The summed E-state index contributed by atoms with van der Waals surface area (Å²) >= 11 is 0. The molecule has 0 aromatic heterocycles. The maximum atomic E-state index is 6.50. The second-order valence-electron chi connectivity index (χ2n) is 10.4. The van der Waals surface area contributed by atoms with Crippen LogP contribution in [-0.4, -0.2) is 73.0 Å². The molecule has 2 rings (SSSR count). The maximum Gasteiger partial charge on any atom is 0.0672 e. The molecule has 0 N–H and O–H groups in total. The monoisotopic (exact) mass is 382 g/mol. The third-order valence-electron chi connectivity index (χ3n) is 7.34. The van der Waals surface area contributed by atoms with E-state index >= 15 is 0 Å². The Kier molecular flexibility index (Phi) is 8.19. The van der Waals surface area contributed by atoms with Crippen molar-refractivity contribution in [3.05, 3.63) is 0 Å². The molecule has 160 valence electrons. The van der Waals surface area contributed by atoms with Gasteiger partial charge in [0.1, 0.15) is 0 Å². The third-order valence-corrected chi connectivity index (χ3v) is 7.34. The van der Waals surface area contributed by atoms with Crippen LogP contribution in [-0.2, 0) is 9.47 Å². The molecule has 0 saturated carbocycles. The van der Waals surface area contributed by atoms with Crippen LogP contribution in [0.5, 0.6) is 0 Å². The fraction of sp³-hybridized carbons (Fsp3) is 1.00. The Hall–Kier alpha value is -0.160. The summed E-state index contributed by atoms with van der Waals surface area (Å²) in [7, 11) is 1.79. The van der Waals surface area contributed by atoms with Gasteiger partial charge in [-0.3, -0.25) is 9.80 Å². The number of hydrogen-bond acceptors (Lipinski definition) is 4. The molecule has 2 saturated heterocycles. The Balaban J connectivity index is 1.80. The Bertz CT molecular complexity index is 448. The van der Waals surface area contributed by atoms with Crippen molar-refractivity contribution in [1.82, 2.24) is 9.80 Å². The largest absolute Gasteiger partial charge is 0.385 e. The lowest BCUT2D eigenvalue weighted by Gasteiger charge is -2.44. The average molecular weight is 383 g/mol. The number of rotatable bonds is 10. The van der Waals surface area contributed by atoms with Gasteiger partial charge in [0.25, 0.3) is 0 Å². The van der Waals surface area contributed by atoms with E-state index in [1.165, 1.54) is 45.3 Å².